The minimum Gasteiger partial charge on any atom is -0.508 e. The van der Waals surface area contributed by atoms with E-state index < -0.39 is 0 Å². The van der Waals surface area contributed by atoms with E-state index in [0.29, 0.717) is 11.7 Å². The SMILES string of the molecule is CC(C)(C)OC1C=CC(C(C)(C)C2C=CC(O)=CC2)=CC1. The first-order chi connectivity index (χ1) is 9.68. The second kappa shape index (κ2) is 5.84. The third-order valence-corrected chi connectivity index (χ3v) is 4.32. The van der Waals surface area contributed by atoms with Crippen LogP contribution in [-0.2, 0) is 4.74 Å². The highest BCUT2D eigenvalue weighted by atomic mass is 16.5. The van der Waals surface area contributed by atoms with Crippen molar-refractivity contribution in [1.29, 1.82) is 0 Å². The van der Waals surface area contributed by atoms with E-state index in [4.69, 9.17) is 4.74 Å². The van der Waals surface area contributed by atoms with Crippen molar-refractivity contribution in [3.05, 3.63) is 47.8 Å². The molecule has 0 aromatic carbocycles. The van der Waals surface area contributed by atoms with E-state index in [1.807, 2.05) is 12.2 Å². The average molecular weight is 288 g/mol. The zero-order valence-electron chi connectivity index (χ0n) is 13.9. The van der Waals surface area contributed by atoms with Gasteiger partial charge in [0.15, 0.2) is 0 Å². The highest BCUT2D eigenvalue weighted by Crippen LogP contribution is 2.42. The summed E-state index contributed by atoms with van der Waals surface area (Å²) < 4.78 is 6.01. The fraction of sp³-hybridized carbons (Fsp3) is 0.579. The van der Waals surface area contributed by atoms with Crippen molar-refractivity contribution >= 4 is 0 Å². The van der Waals surface area contributed by atoms with Gasteiger partial charge in [-0.15, -0.1) is 0 Å². The molecule has 0 aromatic rings. The van der Waals surface area contributed by atoms with Crippen LogP contribution in [0.1, 0.15) is 47.5 Å². The molecule has 0 spiro atoms. The maximum absolute atomic E-state index is 9.48. The van der Waals surface area contributed by atoms with Crippen molar-refractivity contribution in [2.24, 2.45) is 11.3 Å². The van der Waals surface area contributed by atoms with E-state index in [-0.39, 0.29) is 17.1 Å². The zero-order chi connectivity index (χ0) is 15.7. The zero-order valence-corrected chi connectivity index (χ0v) is 13.9. The Hall–Kier alpha value is -1.28. The largest absolute Gasteiger partial charge is 0.508 e. The van der Waals surface area contributed by atoms with Gasteiger partial charge in [-0.3, -0.25) is 0 Å². The number of hydrogen-bond acceptors (Lipinski definition) is 2. The van der Waals surface area contributed by atoms with E-state index in [0.717, 1.165) is 12.8 Å². The predicted octanol–water partition coefficient (Wildman–Crippen LogP) is 5.10. The van der Waals surface area contributed by atoms with Crippen LogP contribution in [0.4, 0.5) is 0 Å². The molecule has 2 unspecified atom stereocenters. The van der Waals surface area contributed by atoms with E-state index >= 15 is 0 Å². The van der Waals surface area contributed by atoms with E-state index in [1.54, 1.807) is 0 Å². The third kappa shape index (κ3) is 4.10. The molecular weight excluding hydrogens is 260 g/mol. The quantitative estimate of drug-likeness (QED) is 0.782. The van der Waals surface area contributed by atoms with Gasteiger partial charge in [-0.25, -0.2) is 0 Å². The molecule has 0 saturated heterocycles. The molecule has 2 atom stereocenters. The van der Waals surface area contributed by atoms with E-state index in [2.05, 4.69) is 58.9 Å². The molecule has 0 aromatic heterocycles. The summed E-state index contributed by atoms with van der Waals surface area (Å²) in [6, 6.07) is 0. The third-order valence-electron chi connectivity index (χ3n) is 4.32. The van der Waals surface area contributed by atoms with Crippen molar-refractivity contribution in [2.45, 2.75) is 59.2 Å². The Labute approximate surface area is 128 Å². The molecule has 2 heteroatoms. The van der Waals surface area contributed by atoms with Gasteiger partial charge in [-0.05, 0) is 62.7 Å². The Kier molecular flexibility index (Phi) is 4.48. The minimum atomic E-state index is -0.107. The molecule has 2 aliphatic rings. The van der Waals surface area contributed by atoms with Crippen LogP contribution in [0.15, 0.2) is 47.8 Å². The van der Waals surface area contributed by atoms with Crippen LogP contribution in [0.5, 0.6) is 0 Å². The lowest BCUT2D eigenvalue weighted by molar-refractivity contribution is -0.0371. The number of allylic oxidation sites excluding steroid dienone is 5. The van der Waals surface area contributed by atoms with Gasteiger partial charge in [0.1, 0.15) is 5.76 Å². The number of rotatable bonds is 3. The molecule has 116 valence electrons. The lowest BCUT2D eigenvalue weighted by atomic mass is 9.69. The van der Waals surface area contributed by atoms with E-state index in [1.165, 1.54) is 5.57 Å². The Morgan fingerprint density at radius 3 is 2.19 bits per heavy atom. The van der Waals surface area contributed by atoms with Crippen LogP contribution in [-0.4, -0.2) is 16.8 Å². The van der Waals surface area contributed by atoms with Gasteiger partial charge in [0.05, 0.1) is 11.7 Å². The maximum Gasteiger partial charge on any atom is 0.111 e. The fourth-order valence-corrected chi connectivity index (χ4v) is 2.98. The molecule has 0 amide bonds. The molecule has 1 N–H and O–H groups in total. The van der Waals surface area contributed by atoms with Crippen LogP contribution < -0.4 is 0 Å². The van der Waals surface area contributed by atoms with Crippen LogP contribution in [0.25, 0.3) is 0 Å². The first-order valence-corrected chi connectivity index (χ1v) is 7.82. The lowest BCUT2D eigenvalue weighted by Crippen LogP contribution is -2.29. The highest BCUT2D eigenvalue weighted by Gasteiger charge is 2.32. The maximum atomic E-state index is 9.48. The first-order valence-electron chi connectivity index (χ1n) is 7.82. The molecule has 2 nitrogen and oxygen atoms in total. The fourth-order valence-electron chi connectivity index (χ4n) is 2.98. The van der Waals surface area contributed by atoms with Gasteiger partial charge in [0, 0.05) is 0 Å². The second-order valence-electron chi connectivity index (χ2n) is 7.57. The average Bonchev–Trinajstić information content (AvgIpc) is 2.38. The van der Waals surface area contributed by atoms with Gasteiger partial charge in [0.2, 0.25) is 0 Å². The highest BCUT2D eigenvalue weighted by molar-refractivity contribution is 5.33. The van der Waals surface area contributed by atoms with Crippen molar-refractivity contribution in [2.75, 3.05) is 0 Å². The molecule has 0 aliphatic heterocycles. The van der Waals surface area contributed by atoms with Gasteiger partial charge in [-0.2, -0.15) is 0 Å². The predicted molar refractivity (Wildman–Crippen MR) is 88.2 cm³/mol. The molecule has 0 heterocycles. The van der Waals surface area contributed by atoms with Crippen molar-refractivity contribution < 1.29 is 9.84 Å². The summed E-state index contributed by atoms with van der Waals surface area (Å²) in [6.07, 6.45) is 14.6. The summed E-state index contributed by atoms with van der Waals surface area (Å²) in [5.41, 5.74) is 1.32. The minimum absolute atomic E-state index is 0.0664. The molecule has 2 aliphatic carbocycles. The van der Waals surface area contributed by atoms with Crippen molar-refractivity contribution in [3.8, 4) is 0 Å². The second-order valence-corrected chi connectivity index (χ2v) is 7.57. The number of ether oxygens (including phenoxy) is 1. The Balaban J connectivity index is 2.03. The number of aliphatic hydroxyl groups excluding tert-OH is 1. The standard InChI is InChI=1S/C19H28O2/c1-18(2,3)21-17-12-8-15(9-13-17)19(4,5)14-6-10-16(20)11-7-14/h6,8-12,14,17,20H,7,13H2,1-5H3. The molecule has 2 rings (SSSR count). The Morgan fingerprint density at radius 2 is 1.71 bits per heavy atom. The summed E-state index contributed by atoms with van der Waals surface area (Å²) in [6.45, 7) is 10.8. The molecule has 0 bridgehead atoms. The van der Waals surface area contributed by atoms with Crippen LogP contribution in [0.3, 0.4) is 0 Å². The molecule has 0 radical (unpaired) electrons. The number of aliphatic hydroxyl groups is 1. The van der Waals surface area contributed by atoms with Crippen LogP contribution in [0.2, 0.25) is 0 Å². The van der Waals surface area contributed by atoms with Gasteiger partial charge < -0.3 is 9.84 Å². The van der Waals surface area contributed by atoms with Gasteiger partial charge in [0.25, 0.3) is 0 Å². The Bertz CT molecular complexity index is 498. The van der Waals surface area contributed by atoms with Crippen molar-refractivity contribution in [3.63, 3.8) is 0 Å². The van der Waals surface area contributed by atoms with E-state index in [9.17, 15) is 5.11 Å². The van der Waals surface area contributed by atoms with Gasteiger partial charge >= 0.3 is 0 Å². The molecule has 21 heavy (non-hydrogen) atoms. The summed E-state index contributed by atoms with van der Waals surface area (Å²) in [4.78, 5) is 0. The first kappa shape index (κ1) is 16.1. The summed E-state index contributed by atoms with van der Waals surface area (Å²) in [5, 5.41) is 9.48. The summed E-state index contributed by atoms with van der Waals surface area (Å²) >= 11 is 0. The summed E-state index contributed by atoms with van der Waals surface area (Å²) in [7, 11) is 0. The van der Waals surface area contributed by atoms with Gasteiger partial charge in [-0.1, -0.05) is 38.2 Å². The monoisotopic (exact) mass is 288 g/mol. The summed E-state index contributed by atoms with van der Waals surface area (Å²) in [5.74, 6) is 0.804. The van der Waals surface area contributed by atoms with Crippen LogP contribution in [0, 0.1) is 11.3 Å². The normalized spacial score (nSPS) is 26.5. The van der Waals surface area contributed by atoms with Crippen LogP contribution >= 0.6 is 0 Å². The molecule has 0 saturated carbocycles. The Morgan fingerprint density at radius 1 is 1.00 bits per heavy atom. The van der Waals surface area contributed by atoms with Crippen molar-refractivity contribution in [1.82, 2.24) is 0 Å². The molecule has 0 fully saturated rings. The number of hydrogen-bond donors (Lipinski definition) is 1. The topological polar surface area (TPSA) is 29.5 Å². The lowest BCUT2D eigenvalue weighted by Gasteiger charge is -2.36. The smallest absolute Gasteiger partial charge is 0.111 e. The molecular formula is C19H28O2.